The third kappa shape index (κ3) is 4.32. The number of benzene rings is 1. The van der Waals surface area contributed by atoms with E-state index in [1.807, 2.05) is 19.1 Å². The van der Waals surface area contributed by atoms with E-state index in [4.69, 9.17) is 0 Å². The maximum atomic E-state index is 12.7. The highest BCUT2D eigenvalue weighted by Crippen LogP contribution is 2.21. The lowest BCUT2D eigenvalue weighted by atomic mass is 10.2. The van der Waals surface area contributed by atoms with E-state index in [0.29, 0.717) is 30.7 Å². The van der Waals surface area contributed by atoms with Crippen LogP contribution in [0.4, 0.5) is 0 Å². The zero-order chi connectivity index (χ0) is 17.9. The number of hydrogen-bond donors (Lipinski definition) is 1. The van der Waals surface area contributed by atoms with Crippen LogP contribution in [0, 0.1) is 6.92 Å². The summed E-state index contributed by atoms with van der Waals surface area (Å²) in [4.78, 5) is 6.81. The molecule has 6 heteroatoms. The summed E-state index contributed by atoms with van der Waals surface area (Å²) in [6.45, 7) is 11.5. The summed E-state index contributed by atoms with van der Waals surface area (Å²) < 4.78 is 28.1. The van der Waals surface area contributed by atoms with Crippen LogP contribution in [0.1, 0.15) is 33.3 Å². The molecule has 0 saturated carbocycles. The monoisotopic (exact) mass is 349 g/mol. The van der Waals surface area contributed by atoms with Gasteiger partial charge in [-0.25, -0.2) is 13.1 Å². The highest BCUT2D eigenvalue weighted by Gasteiger charge is 2.19. The smallest absolute Gasteiger partial charge is 0.242 e. The van der Waals surface area contributed by atoms with Gasteiger partial charge < -0.3 is 0 Å². The molecule has 0 saturated heterocycles. The lowest BCUT2D eigenvalue weighted by Gasteiger charge is -2.30. The Bertz CT molecular complexity index is 793. The van der Waals surface area contributed by atoms with Crippen molar-refractivity contribution in [1.82, 2.24) is 14.6 Å². The first-order valence-electron chi connectivity index (χ1n) is 8.33. The molecule has 2 aromatic rings. The predicted octanol–water partition coefficient (Wildman–Crippen LogP) is 2.94. The molecule has 0 radical (unpaired) electrons. The van der Waals surface area contributed by atoms with Crippen LogP contribution in [-0.4, -0.2) is 43.5 Å². The Labute approximate surface area is 145 Å². The van der Waals surface area contributed by atoms with Gasteiger partial charge in [-0.05, 0) is 52.3 Å². The molecule has 132 valence electrons. The molecule has 1 heterocycles. The minimum atomic E-state index is -3.59. The minimum absolute atomic E-state index is 0.237. The number of hydrogen-bond acceptors (Lipinski definition) is 4. The van der Waals surface area contributed by atoms with Crippen molar-refractivity contribution in [2.75, 3.05) is 13.1 Å². The Balaban J connectivity index is 2.19. The first kappa shape index (κ1) is 18.8. The molecule has 0 aliphatic rings. The van der Waals surface area contributed by atoms with Gasteiger partial charge in [0.2, 0.25) is 10.0 Å². The van der Waals surface area contributed by atoms with Gasteiger partial charge in [0.25, 0.3) is 0 Å². The molecule has 0 amide bonds. The van der Waals surface area contributed by atoms with Crippen molar-refractivity contribution >= 4 is 20.9 Å². The number of pyridine rings is 1. The zero-order valence-corrected chi connectivity index (χ0v) is 15.9. The van der Waals surface area contributed by atoms with Gasteiger partial charge in [-0.15, -0.1) is 0 Å². The minimum Gasteiger partial charge on any atom is -0.297 e. The summed E-state index contributed by atoms with van der Waals surface area (Å²) in [5.41, 5.74) is 1.52. The highest BCUT2D eigenvalue weighted by molar-refractivity contribution is 7.89. The Kier molecular flexibility index (Phi) is 5.96. The molecule has 0 aliphatic carbocycles. The molecule has 0 bridgehead atoms. The largest absolute Gasteiger partial charge is 0.297 e. The summed E-state index contributed by atoms with van der Waals surface area (Å²) in [6, 6.07) is 7.93. The molecule has 0 fully saturated rings. The van der Waals surface area contributed by atoms with Crippen molar-refractivity contribution < 1.29 is 8.42 Å². The summed E-state index contributed by atoms with van der Waals surface area (Å²) >= 11 is 0. The molecule has 1 aromatic heterocycles. The van der Waals surface area contributed by atoms with Crippen LogP contribution in [0.3, 0.4) is 0 Å². The Morgan fingerprint density at radius 2 is 1.83 bits per heavy atom. The van der Waals surface area contributed by atoms with Crippen molar-refractivity contribution in [2.24, 2.45) is 0 Å². The van der Waals surface area contributed by atoms with Crippen molar-refractivity contribution in [1.29, 1.82) is 0 Å². The fraction of sp³-hybridized carbons (Fsp3) is 0.500. The van der Waals surface area contributed by atoms with Crippen LogP contribution in [0.2, 0.25) is 0 Å². The van der Waals surface area contributed by atoms with E-state index in [9.17, 15) is 8.42 Å². The molecule has 0 unspecified atom stereocenters. The second-order valence-electron chi connectivity index (χ2n) is 6.66. The number of sulfonamides is 1. The van der Waals surface area contributed by atoms with E-state index >= 15 is 0 Å². The van der Waals surface area contributed by atoms with Crippen LogP contribution in [0.15, 0.2) is 35.4 Å². The third-order valence-corrected chi connectivity index (χ3v) is 5.58. The lowest BCUT2D eigenvalue weighted by Crippen LogP contribution is -2.42. The van der Waals surface area contributed by atoms with Gasteiger partial charge in [0.15, 0.2) is 0 Å². The maximum absolute atomic E-state index is 12.7. The molecule has 0 atom stereocenters. The topological polar surface area (TPSA) is 62.3 Å². The standard InChI is InChI=1S/C18H27N3O2S/c1-13(2)21(14(3)4)10-9-20-24(22,23)17-8-6-7-16-11-15(5)12-19-18(16)17/h6-8,11-14,20H,9-10H2,1-5H3. The fourth-order valence-electron chi connectivity index (χ4n) is 2.96. The van der Waals surface area contributed by atoms with Crippen molar-refractivity contribution in [3.05, 3.63) is 36.0 Å². The molecule has 1 N–H and O–H groups in total. The number of aryl methyl sites for hydroxylation is 1. The summed E-state index contributed by atoms with van der Waals surface area (Å²) in [5.74, 6) is 0. The number of nitrogens with one attached hydrogen (secondary N) is 1. The Morgan fingerprint density at radius 3 is 2.46 bits per heavy atom. The van der Waals surface area contributed by atoms with E-state index in [1.54, 1.807) is 18.3 Å². The number of nitrogens with zero attached hydrogens (tertiary/aromatic N) is 2. The third-order valence-electron chi connectivity index (χ3n) is 4.09. The van der Waals surface area contributed by atoms with E-state index in [2.05, 4.69) is 42.3 Å². The molecule has 24 heavy (non-hydrogen) atoms. The van der Waals surface area contributed by atoms with Crippen molar-refractivity contribution in [2.45, 2.75) is 51.6 Å². The molecule has 0 spiro atoms. The summed E-state index contributed by atoms with van der Waals surface area (Å²) in [6.07, 6.45) is 1.70. The summed E-state index contributed by atoms with van der Waals surface area (Å²) in [7, 11) is -3.59. The van der Waals surface area contributed by atoms with Gasteiger partial charge in [0.05, 0.1) is 5.52 Å². The lowest BCUT2D eigenvalue weighted by molar-refractivity contribution is 0.179. The number of para-hydroxylation sites is 1. The molecule has 1 aromatic carbocycles. The molecule has 2 rings (SSSR count). The highest BCUT2D eigenvalue weighted by atomic mass is 32.2. The average Bonchev–Trinajstić information content (AvgIpc) is 2.49. The quantitative estimate of drug-likeness (QED) is 0.835. The Hall–Kier alpha value is -1.50. The number of aromatic nitrogens is 1. The maximum Gasteiger partial charge on any atom is 0.242 e. The summed E-state index contributed by atoms with van der Waals surface area (Å²) in [5, 5.41) is 0.837. The normalized spacial score (nSPS) is 12.7. The second kappa shape index (κ2) is 7.59. The van der Waals surface area contributed by atoms with E-state index in [0.717, 1.165) is 10.9 Å². The van der Waals surface area contributed by atoms with Crippen LogP contribution in [0.25, 0.3) is 10.9 Å². The number of fused-ring (bicyclic) bond motifs is 1. The first-order chi connectivity index (χ1) is 11.2. The van der Waals surface area contributed by atoms with Gasteiger partial charge in [0, 0.05) is 36.8 Å². The van der Waals surface area contributed by atoms with Gasteiger partial charge in [-0.1, -0.05) is 12.1 Å². The van der Waals surface area contributed by atoms with Gasteiger partial charge >= 0.3 is 0 Å². The van der Waals surface area contributed by atoms with Crippen LogP contribution in [-0.2, 0) is 10.0 Å². The fourth-order valence-corrected chi connectivity index (χ4v) is 4.16. The van der Waals surface area contributed by atoms with Crippen molar-refractivity contribution in [3.63, 3.8) is 0 Å². The van der Waals surface area contributed by atoms with Crippen LogP contribution >= 0.6 is 0 Å². The molecule has 5 nitrogen and oxygen atoms in total. The number of rotatable bonds is 7. The predicted molar refractivity (Wildman–Crippen MR) is 98.6 cm³/mol. The van der Waals surface area contributed by atoms with Gasteiger partial charge in [-0.2, -0.15) is 0 Å². The van der Waals surface area contributed by atoms with Gasteiger partial charge in [0.1, 0.15) is 4.90 Å². The van der Waals surface area contributed by atoms with Crippen LogP contribution in [0.5, 0.6) is 0 Å². The van der Waals surface area contributed by atoms with Crippen molar-refractivity contribution in [3.8, 4) is 0 Å². The second-order valence-corrected chi connectivity index (χ2v) is 8.40. The Morgan fingerprint density at radius 1 is 1.17 bits per heavy atom. The van der Waals surface area contributed by atoms with E-state index < -0.39 is 10.0 Å². The zero-order valence-electron chi connectivity index (χ0n) is 15.1. The molecule has 0 aliphatic heterocycles. The van der Waals surface area contributed by atoms with Gasteiger partial charge in [-0.3, -0.25) is 9.88 Å². The first-order valence-corrected chi connectivity index (χ1v) is 9.81. The average molecular weight is 350 g/mol. The van der Waals surface area contributed by atoms with E-state index in [1.165, 1.54) is 0 Å². The molecular formula is C18H27N3O2S. The van der Waals surface area contributed by atoms with E-state index in [-0.39, 0.29) is 4.90 Å². The molecular weight excluding hydrogens is 322 g/mol. The van der Waals surface area contributed by atoms with Crippen LogP contribution < -0.4 is 4.72 Å². The SMILES string of the molecule is Cc1cnc2c(S(=O)(=O)NCCN(C(C)C)C(C)C)cccc2c1.